The molecule has 11 heavy (non-hydrogen) atoms. The van der Waals surface area contributed by atoms with E-state index in [0.29, 0.717) is 0 Å². The Balaban J connectivity index is 2.27. The molecule has 1 N–H and O–H groups in total. The lowest BCUT2D eigenvalue weighted by Gasteiger charge is -1.93. The minimum atomic E-state index is 0.259. The number of aliphatic hydroxyl groups excluding tert-OH is 1. The molecule has 0 fully saturated rings. The smallest absolute Gasteiger partial charge is 0.103 e. The molecule has 62 valence electrons. The van der Waals surface area contributed by atoms with Gasteiger partial charge in [-0.2, -0.15) is 11.8 Å². The monoisotopic (exact) mass is 189 g/mol. The number of aromatic nitrogens is 1. The van der Waals surface area contributed by atoms with Gasteiger partial charge in [-0.15, -0.1) is 11.3 Å². The topological polar surface area (TPSA) is 33.1 Å². The van der Waals surface area contributed by atoms with E-state index in [1.807, 2.05) is 6.92 Å². The van der Waals surface area contributed by atoms with Gasteiger partial charge in [-0.25, -0.2) is 4.98 Å². The largest absolute Gasteiger partial charge is 0.396 e. The van der Waals surface area contributed by atoms with E-state index in [-0.39, 0.29) is 6.61 Å². The van der Waals surface area contributed by atoms with Crippen molar-refractivity contribution < 1.29 is 5.11 Å². The second-order valence-corrected chi connectivity index (χ2v) is 4.21. The van der Waals surface area contributed by atoms with Crippen molar-refractivity contribution in [2.24, 2.45) is 0 Å². The molecule has 1 aromatic rings. The third-order valence-corrected chi connectivity index (χ3v) is 3.23. The van der Waals surface area contributed by atoms with Crippen LogP contribution in [-0.2, 0) is 5.75 Å². The highest BCUT2D eigenvalue weighted by atomic mass is 32.2. The number of thioether (sulfide) groups is 1. The molecule has 0 unspecified atom stereocenters. The van der Waals surface area contributed by atoms with Gasteiger partial charge in [0.2, 0.25) is 0 Å². The molecule has 0 aromatic carbocycles. The Morgan fingerprint density at radius 1 is 1.73 bits per heavy atom. The normalized spacial score (nSPS) is 10.4. The van der Waals surface area contributed by atoms with Crippen molar-refractivity contribution in [2.45, 2.75) is 12.7 Å². The van der Waals surface area contributed by atoms with E-state index in [0.717, 1.165) is 22.2 Å². The number of aliphatic hydroxyl groups is 1. The van der Waals surface area contributed by atoms with E-state index in [4.69, 9.17) is 5.11 Å². The van der Waals surface area contributed by atoms with E-state index < -0.39 is 0 Å². The van der Waals surface area contributed by atoms with Crippen molar-refractivity contribution in [1.82, 2.24) is 4.98 Å². The molecule has 1 rings (SSSR count). The van der Waals surface area contributed by atoms with E-state index in [9.17, 15) is 0 Å². The summed E-state index contributed by atoms with van der Waals surface area (Å²) in [7, 11) is 0. The highest BCUT2D eigenvalue weighted by Crippen LogP contribution is 2.15. The maximum atomic E-state index is 8.51. The van der Waals surface area contributed by atoms with Gasteiger partial charge in [-0.1, -0.05) is 0 Å². The van der Waals surface area contributed by atoms with E-state index in [2.05, 4.69) is 10.4 Å². The lowest BCUT2D eigenvalue weighted by atomic mass is 10.6. The molecule has 0 saturated heterocycles. The molecule has 4 heteroatoms. The van der Waals surface area contributed by atoms with Crippen LogP contribution in [0.1, 0.15) is 10.7 Å². The van der Waals surface area contributed by atoms with Crippen LogP contribution in [0.25, 0.3) is 0 Å². The van der Waals surface area contributed by atoms with Gasteiger partial charge < -0.3 is 5.11 Å². The number of hydrogen-bond acceptors (Lipinski definition) is 4. The summed E-state index contributed by atoms with van der Waals surface area (Å²) in [6.07, 6.45) is 0. The number of thiazole rings is 1. The summed E-state index contributed by atoms with van der Waals surface area (Å²) in [6, 6.07) is 0. The highest BCUT2D eigenvalue weighted by Gasteiger charge is 1.97. The van der Waals surface area contributed by atoms with Crippen LogP contribution in [-0.4, -0.2) is 22.5 Å². The Kier molecular flexibility index (Phi) is 3.90. The molecule has 0 saturated carbocycles. The fourth-order valence-electron chi connectivity index (χ4n) is 0.693. The van der Waals surface area contributed by atoms with Gasteiger partial charge in [0.25, 0.3) is 0 Å². The number of nitrogens with zero attached hydrogens (tertiary/aromatic N) is 1. The van der Waals surface area contributed by atoms with Crippen LogP contribution in [0.15, 0.2) is 5.38 Å². The Hall–Kier alpha value is -0.0600. The Morgan fingerprint density at radius 2 is 2.55 bits per heavy atom. The maximum Gasteiger partial charge on any atom is 0.103 e. The summed E-state index contributed by atoms with van der Waals surface area (Å²) in [5.41, 5.74) is 1.09. The molecule has 1 heterocycles. The molecule has 2 nitrogen and oxygen atoms in total. The minimum Gasteiger partial charge on any atom is -0.396 e. The van der Waals surface area contributed by atoms with Gasteiger partial charge in [0.05, 0.1) is 6.61 Å². The molecule has 0 amide bonds. The molecule has 0 aliphatic carbocycles. The average molecular weight is 189 g/mol. The molecular formula is C7H11NOS2. The summed E-state index contributed by atoms with van der Waals surface area (Å²) in [5.74, 6) is 1.73. The SMILES string of the molecule is Cc1csc(CSCCO)n1. The fourth-order valence-corrected chi connectivity index (χ4v) is 2.28. The zero-order chi connectivity index (χ0) is 8.10. The van der Waals surface area contributed by atoms with Gasteiger partial charge in [0.1, 0.15) is 5.01 Å². The van der Waals surface area contributed by atoms with Crippen molar-refractivity contribution in [3.63, 3.8) is 0 Å². The lowest BCUT2D eigenvalue weighted by molar-refractivity contribution is 0.322. The summed E-state index contributed by atoms with van der Waals surface area (Å²) in [5, 5.41) is 11.7. The Morgan fingerprint density at radius 3 is 3.09 bits per heavy atom. The summed E-state index contributed by atoms with van der Waals surface area (Å²) >= 11 is 3.40. The van der Waals surface area contributed by atoms with Gasteiger partial charge in [0.15, 0.2) is 0 Å². The van der Waals surface area contributed by atoms with Gasteiger partial charge >= 0.3 is 0 Å². The number of rotatable bonds is 4. The van der Waals surface area contributed by atoms with Crippen LogP contribution in [0.2, 0.25) is 0 Å². The quantitative estimate of drug-likeness (QED) is 0.731. The maximum absolute atomic E-state index is 8.51. The standard InChI is InChI=1S/C7H11NOS2/c1-6-4-11-7(8-6)5-10-3-2-9/h4,9H,2-3,5H2,1H3. The van der Waals surface area contributed by atoms with Crippen molar-refractivity contribution in [3.8, 4) is 0 Å². The summed E-state index contributed by atoms with van der Waals surface area (Å²) in [4.78, 5) is 4.30. The Bertz CT molecular complexity index is 212. The minimum absolute atomic E-state index is 0.259. The summed E-state index contributed by atoms with van der Waals surface area (Å²) in [6.45, 7) is 2.26. The zero-order valence-electron chi connectivity index (χ0n) is 6.41. The predicted molar refractivity (Wildman–Crippen MR) is 50.1 cm³/mol. The first-order valence-electron chi connectivity index (χ1n) is 3.42. The third-order valence-electron chi connectivity index (χ3n) is 1.13. The summed E-state index contributed by atoms with van der Waals surface area (Å²) < 4.78 is 0. The highest BCUT2D eigenvalue weighted by molar-refractivity contribution is 7.98. The van der Waals surface area contributed by atoms with Crippen LogP contribution in [0.3, 0.4) is 0 Å². The van der Waals surface area contributed by atoms with E-state index in [1.165, 1.54) is 0 Å². The second-order valence-electron chi connectivity index (χ2n) is 2.16. The first-order chi connectivity index (χ1) is 5.33. The molecule has 0 bridgehead atoms. The molecule has 0 atom stereocenters. The zero-order valence-corrected chi connectivity index (χ0v) is 8.04. The second kappa shape index (κ2) is 4.74. The van der Waals surface area contributed by atoms with Crippen molar-refractivity contribution in [3.05, 3.63) is 16.1 Å². The first kappa shape index (κ1) is 9.03. The van der Waals surface area contributed by atoms with Gasteiger partial charge in [-0.3, -0.25) is 0 Å². The van der Waals surface area contributed by atoms with Crippen molar-refractivity contribution in [1.29, 1.82) is 0 Å². The third kappa shape index (κ3) is 3.22. The van der Waals surface area contributed by atoms with Crippen molar-refractivity contribution in [2.75, 3.05) is 12.4 Å². The first-order valence-corrected chi connectivity index (χ1v) is 5.46. The van der Waals surface area contributed by atoms with E-state index in [1.54, 1.807) is 23.1 Å². The fraction of sp³-hybridized carbons (Fsp3) is 0.571. The van der Waals surface area contributed by atoms with Gasteiger partial charge in [0, 0.05) is 22.6 Å². The predicted octanol–water partition coefficient (Wildman–Crippen LogP) is 1.68. The lowest BCUT2D eigenvalue weighted by Crippen LogP contribution is -1.87. The molecule has 0 aliphatic heterocycles. The molecule has 0 aliphatic rings. The Labute approximate surface area is 74.7 Å². The number of aryl methyl sites for hydroxylation is 1. The molecule has 0 spiro atoms. The van der Waals surface area contributed by atoms with Gasteiger partial charge in [-0.05, 0) is 6.92 Å². The van der Waals surface area contributed by atoms with Crippen LogP contribution in [0, 0.1) is 6.92 Å². The van der Waals surface area contributed by atoms with Crippen LogP contribution in [0.4, 0.5) is 0 Å². The van der Waals surface area contributed by atoms with Crippen LogP contribution in [0.5, 0.6) is 0 Å². The van der Waals surface area contributed by atoms with Crippen LogP contribution >= 0.6 is 23.1 Å². The molecule has 0 radical (unpaired) electrons. The average Bonchev–Trinajstić information content (AvgIpc) is 2.37. The van der Waals surface area contributed by atoms with E-state index >= 15 is 0 Å². The number of hydrogen-bond donors (Lipinski definition) is 1. The van der Waals surface area contributed by atoms with Crippen LogP contribution < -0.4 is 0 Å². The molecule has 1 aromatic heterocycles. The molecular weight excluding hydrogens is 178 g/mol. The van der Waals surface area contributed by atoms with Crippen molar-refractivity contribution >= 4 is 23.1 Å².